The highest BCUT2D eigenvalue weighted by atomic mass is 16.3. The van der Waals surface area contributed by atoms with Crippen LogP contribution in [0.2, 0.25) is 0 Å². The predicted octanol–water partition coefficient (Wildman–Crippen LogP) is 5.51. The Labute approximate surface area is 204 Å². The molecule has 0 radical (unpaired) electrons. The molecule has 6 rings (SSSR count). The molecule has 34 heavy (non-hydrogen) atoms. The van der Waals surface area contributed by atoms with Gasteiger partial charge < -0.3 is 5.11 Å². The first-order valence-electron chi connectivity index (χ1n) is 14.0. The Morgan fingerprint density at radius 3 is 2.62 bits per heavy atom. The van der Waals surface area contributed by atoms with Gasteiger partial charge in [-0.25, -0.2) is 0 Å². The Kier molecular flexibility index (Phi) is 5.30. The molecule has 0 spiro atoms. The predicted molar refractivity (Wildman–Crippen MR) is 129 cm³/mol. The fraction of sp³-hybridized carbons (Fsp3) is 0.828. The fourth-order valence-electron chi connectivity index (χ4n) is 10.3. The van der Waals surface area contributed by atoms with Crippen molar-refractivity contribution in [1.82, 2.24) is 9.78 Å². The Bertz CT molecular complexity index is 1000. The van der Waals surface area contributed by atoms with Crippen LogP contribution in [-0.4, -0.2) is 26.3 Å². The zero-order valence-electron chi connectivity index (χ0n) is 21.0. The summed E-state index contributed by atoms with van der Waals surface area (Å²) in [5.74, 6) is 4.31. The Hall–Kier alpha value is -1.67. The van der Waals surface area contributed by atoms with Crippen LogP contribution < -0.4 is 0 Å². The van der Waals surface area contributed by atoms with Crippen molar-refractivity contribution >= 4 is 5.78 Å². The van der Waals surface area contributed by atoms with Gasteiger partial charge in [0.15, 0.2) is 11.5 Å². The molecule has 5 fully saturated rings. The first kappa shape index (κ1) is 22.8. The number of nitriles is 1. The monoisotopic (exact) mass is 463 g/mol. The third-order valence-corrected chi connectivity index (χ3v) is 11.7. The van der Waals surface area contributed by atoms with Gasteiger partial charge in [-0.1, -0.05) is 6.92 Å². The minimum Gasteiger partial charge on any atom is -0.390 e. The average Bonchev–Trinajstić information content (AvgIpc) is 3.45. The van der Waals surface area contributed by atoms with Crippen molar-refractivity contribution in [2.75, 3.05) is 0 Å². The molecule has 1 aromatic rings. The van der Waals surface area contributed by atoms with E-state index in [1.165, 1.54) is 51.4 Å². The zero-order chi connectivity index (χ0) is 23.7. The first-order valence-corrected chi connectivity index (χ1v) is 14.0. The van der Waals surface area contributed by atoms with Gasteiger partial charge in [0.25, 0.3) is 0 Å². The van der Waals surface area contributed by atoms with E-state index in [2.05, 4.69) is 25.0 Å². The maximum Gasteiger partial charge on any atom is 0.162 e. The van der Waals surface area contributed by atoms with Crippen LogP contribution in [0.15, 0.2) is 12.3 Å². The van der Waals surface area contributed by atoms with Gasteiger partial charge in [0.1, 0.15) is 6.07 Å². The summed E-state index contributed by atoms with van der Waals surface area (Å²) in [5, 5.41) is 24.3. The van der Waals surface area contributed by atoms with Gasteiger partial charge in [-0.05, 0) is 130 Å². The maximum atomic E-state index is 13.6. The van der Waals surface area contributed by atoms with Crippen LogP contribution in [0.25, 0.3) is 0 Å². The number of carbonyl (C=O) groups is 1. The number of aliphatic hydroxyl groups is 1. The van der Waals surface area contributed by atoms with Crippen LogP contribution in [0.3, 0.4) is 0 Å². The molecular formula is C29H41N3O2. The van der Waals surface area contributed by atoms with Crippen molar-refractivity contribution in [2.45, 2.75) is 103 Å². The third kappa shape index (κ3) is 3.27. The minimum atomic E-state index is -0.472. The Balaban J connectivity index is 1.26. The lowest BCUT2D eigenvalue weighted by atomic mass is 9.41. The third-order valence-electron chi connectivity index (χ3n) is 11.7. The van der Waals surface area contributed by atoms with Crippen molar-refractivity contribution < 1.29 is 9.90 Å². The minimum absolute atomic E-state index is 0.139. The topological polar surface area (TPSA) is 78.9 Å². The number of hydrogen-bond acceptors (Lipinski definition) is 4. The number of rotatable bonds is 5. The van der Waals surface area contributed by atoms with E-state index in [-0.39, 0.29) is 11.3 Å². The van der Waals surface area contributed by atoms with Gasteiger partial charge in [-0.2, -0.15) is 10.4 Å². The van der Waals surface area contributed by atoms with Gasteiger partial charge in [0.05, 0.1) is 12.1 Å². The van der Waals surface area contributed by atoms with E-state index in [1.54, 1.807) is 16.9 Å². The lowest BCUT2D eigenvalue weighted by molar-refractivity contribution is -0.168. The molecule has 5 saturated carbocycles. The maximum absolute atomic E-state index is 13.6. The summed E-state index contributed by atoms with van der Waals surface area (Å²) in [6, 6.07) is 3.77. The van der Waals surface area contributed by atoms with E-state index < -0.39 is 5.60 Å². The molecule has 5 aliphatic rings. The molecule has 0 aromatic carbocycles. The molecule has 0 unspecified atom stereocenters. The molecule has 0 saturated heterocycles. The van der Waals surface area contributed by atoms with Gasteiger partial charge in [0, 0.05) is 12.1 Å². The van der Waals surface area contributed by atoms with Crippen molar-refractivity contribution in [2.24, 2.45) is 46.3 Å². The lowest BCUT2D eigenvalue weighted by Gasteiger charge is -2.63. The van der Waals surface area contributed by atoms with Gasteiger partial charge in [-0.3, -0.25) is 9.48 Å². The normalized spacial score (nSPS) is 45.6. The summed E-state index contributed by atoms with van der Waals surface area (Å²) in [5.41, 5.74) is 0.536. The van der Waals surface area contributed by atoms with Crippen molar-refractivity contribution in [3.8, 4) is 6.07 Å². The Morgan fingerprint density at radius 1 is 1.12 bits per heavy atom. The van der Waals surface area contributed by atoms with E-state index in [1.807, 2.05) is 0 Å². The van der Waals surface area contributed by atoms with Gasteiger partial charge in [-0.15, -0.1) is 0 Å². The summed E-state index contributed by atoms with van der Waals surface area (Å²) in [4.78, 5) is 13.6. The molecule has 5 nitrogen and oxygen atoms in total. The van der Waals surface area contributed by atoms with E-state index >= 15 is 0 Å². The number of hydrogen-bond donors (Lipinski definition) is 1. The zero-order valence-corrected chi connectivity index (χ0v) is 21.0. The van der Waals surface area contributed by atoms with E-state index in [0.717, 1.165) is 43.4 Å². The molecule has 5 aliphatic carbocycles. The SMILES string of the molecule is CC[C@]12CC[C@H]3[C@@H](CC[C@@H]4C[C@](C)(O)CC[C@@]43C3CC3)[C@@H]1CC[C@@H]2C(=O)Cn1ccc(C#N)n1. The molecule has 0 aliphatic heterocycles. The van der Waals surface area contributed by atoms with Crippen molar-refractivity contribution in [3.63, 3.8) is 0 Å². The average molecular weight is 464 g/mol. The number of nitrogens with zero attached hydrogens (tertiary/aromatic N) is 3. The molecule has 0 bridgehead atoms. The second kappa shape index (κ2) is 7.92. The second-order valence-electron chi connectivity index (χ2n) is 13.0. The Morgan fingerprint density at radius 2 is 1.91 bits per heavy atom. The number of Topliss-reactive ketones (excluding diaryl/α,β-unsaturated/α-hetero) is 1. The molecule has 1 N–H and O–H groups in total. The smallest absolute Gasteiger partial charge is 0.162 e. The number of carbonyl (C=O) groups excluding carboxylic acids is 1. The molecule has 184 valence electrons. The molecule has 5 heteroatoms. The van der Waals surface area contributed by atoms with Crippen LogP contribution in [0.5, 0.6) is 0 Å². The highest BCUT2D eigenvalue weighted by Crippen LogP contribution is 2.73. The first-order chi connectivity index (χ1) is 16.3. The van der Waals surface area contributed by atoms with Gasteiger partial charge in [0.2, 0.25) is 0 Å². The number of aromatic nitrogens is 2. The van der Waals surface area contributed by atoms with E-state index in [4.69, 9.17) is 5.26 Å². The van der Waals surface area contributed by atoms with Crippen LogP contribution in [0.4, 0.5) is 0 Å². The molecule has 1 heterocycles. The van der Waals surface area contributed by atoms with Crippen LogP contribution in [0.1, 0.15) is 96.6 Å². The number of ketones is 1. The summed E-state index contributed by atoms with van der Waals surface area (Å²) in [7, 11) is 0. The fourth-order valence-corrected chi connectivity index (χ4v) is 10.3. The molecule has 0 amide bonds. The summed E-state index contributed by atoms with van der Waals surface area (Å²) >= 11 is 0. The van der Waals surface area contributed by atoms with Crippen LogP contribution in [-0.2, 0) is 11.3 Å². The molecular weight excluding hydrogens is 422 g/mol. The number of fused-ring (bicyclic) bond motifs is 5. The lowest BCUT2D eigenvalue weighted by Crippen LogP contribution is -2.58. The van der Waals surface area contributed by atoms with Crippen LogP contribution in [0, 0.1) is 57.7 Å². The largest absolute Gasteiger partial charge is 0.390 e. The van der Waals surface area contributed by atoms with Crippen molar-refractivity contribution in [1.29, 1.82) is 5.26 Å². The van der Waals surface area contributed by atoms with E-state index in [0.29, 0.717) is 35.3 Å². The van der Waals surface area contributed by atoms with Crippen LogP contribution >= 0.6 is 0 Å². The quantitative estimate of drug-likeness (QED) is 0.624. The summed E-state index contributed by atoms with van der Waals surface area (Å²) in [6.45, 7) is 4.71. The van der Waals surface area contributed by atoms with E-state index in [9.17, 15) is 9.90 Å². The second-order valence-corrected chi connectivity index (χ2v) is 13.0. The molecule has 8 atom stereocenters. The highest BCUT2D eigenvalue weighted by Gasteiger charge is 2.66. The standard InChI is InChI=1S/C29H41N3O2/c1-3-28-12-10-24-22(7-6-20-16-27(2,34)13-14-29(20,24)19-4-5-19)23(28)8-9-25(28)26(33)18-32-15-11-21(17-30)31-32/h11,15,19-20,22-25,34H,3-10,12-14,16,18H2,1-2H3/t20-,22+,23+,24+,25-,27-,28+,29-/m1/s1. The van der Waals surface area contributed by atoms with Crippen molar-refractivity contribution in [3.05, 3.63) is 18.0 Å². The summed E-state index contributed by atoms with van der Waals surface area (Å²) in [6.07, 6.45) is 16.2. The van der Waals surface area contributed by atoms with Gasteiger partial charge >= 0.3 is 0 Å². The summed E-state index contributed by atoms with van der Waals surface area (Å²) < 4.78 is 1.67. The highest BCUT2D eigenvalue weighted by molar-refractivity contribution is 5.82. The molecule has 1 aromatic heterocycles.